The number of fused-ring (bicyclic) bond motifs is 1. The number of H-pyrrole nitrogens is 1. The monoisotopic (exact) mass is 257 g/mol. The molecule has 0 aliphatic carbocycles. The lowest BCUT2D eigenvalue weighted by Crippen LogP contribution is -1.93. The lowest BCUT2D eigenvalue weighted by Gasteiger charge is -2.02. The summed E-state index contributed by atoms with van der Waals surface area (Å²) in [6.07, 6.45) is 1.75. The lowest BCUT2D eigenvalue weighted by atomic mass is 10.1. The molecule has 3 aromatic rings. The third-order valence-corrected chi connectivity index (χ3v) is 3.21. The Bertz CT molecular complexity index is 703. The summed E-state index contributed by atoms with van der Waals surface area (Å²) >= 11 is 5.79. The summed E-state index contributed by atoms with van der Waals surface area (Å²) < 4.78 is 0. The first-order valence-electron chi connectivity index (χ1n) is 5.75. The van der Waals surface area contributed by atoms with Gasteiger partial charge >= 0.3 is 0 Å². The maximum Gasteiger partial charge on any atom is 0.143 e. The number of aromatic amines is 1. The molecule has 0 saturated carbocycles. The molecule has 0 spiro atoms. The van der Waals surface area contributed by atoms with Crippen molar-refractivity contribution in [2.45, 2.75) is 12.8 Å². The molecule has 3 rings (SSSR count). The number of nitrogens with zero attached hydrogens (tertiary/aromatic N) is 2. The van der Waals surface area contributed by atoms with E-state index in [1.807, 2.05) is 18.2 Å². The van der Waals surface area contributed by atoms with Crippen molar-refractivity contribution in [2.24, 2.45) is 0 Å². The van der Waals surface area contributed by atoms with Crippen LogP contribution in [0.5, 0.6) is 0 Å². The summed E-state index contributed by atoms with van der Waals surface area (Å²) in [5, 5.41) is 1.18. The van der Waals surface area contributed by atoms with E-state index in [-0.39, 0.29) is 0 Å². The average Bonchev–Trinajstić information content (AvgIpc) is 2.74. The van der Waals surface area contributed by atoms with Gasteiger partial charge in [-0.15, -0.1) is 11.6 Å². The van der Waals surface area contributed by atoms with Crippen molar-refractivity contribution >= 4 is 22.5 Å². The van der Waals surface area contributed by atoms with E-state index in [0.717, 1.165) is 22.5 Å². The number of halogens is 1. The molecule has 2 aromatic heterocycles. The molecule has 2 heterocycles. The largest absolute Gasteiger partial charge is 0.358 e. The number of para-hydroxylation sites is 1. The zero-order valence-electron chi connectivity index (χ0n) is 9.94. The molecular formula is C14H12ClN3. The molecule has 1 N–H and O–H groups in total. The highest BCUT2D eigenvalue weighted by molar-refractivity contribution is 6.16. The normalized spacial score (nSPS) is 11.0. The molecule has 0 unspecified atom stereocenters. The highest BCUT2D eigenvalue weighted by atomic mass is 35.5. The van der Waals surface area contributed by atoms with Gasteiger partial charge < -0.3 is 4.98 Å². The van der Waals surface area contributed by atoms with E-state index in [1.54, 1.807) is 6.20 Å². The van der Waals surface area contributed by atoms with Gasteiger partial charge in [0.25, 0.3) is 0 Å². The molecule has 90 valence electrons. The van der Waals surface area contributed by atoms with Gasteiger partial charge in [0.1, 0.15) is 5.82 Å². The van der Waals surface area contributed by atoms with Gasteiger partial charge in [-0.3, -0.25) is 0 Å². The summed E-state index contributed by atoms with van der Waals surface area (Å²) in [7, 11) is 0. The third kappa shape index (κ3) is 1.77. The minimum atomic E-state index is 0.329. The first-order chi connectivity index (χ1) is 8.79. The van der Waals surface area contributed by atoms with Crippen molar-refractivity contribution < 1.29 is 0 Å². The number of benzene rings is 1. The van der Waals surface area contributed by atoms with Gasteiger partial charge in [0.15, 0.2) is 0 Å². The van der Waals surface area contributed by atoms with Gasteiger partial charge in [-0.1, -0.05) is 18.2 Å². The Hall–Kier alpha value is -1.87. The zero-order valence-corrected chi connectivity index (χ0v) is 10.7. The van der Waals surface area contributed by atoms with Crippen LogP contribution in [0.25, 0.3) is 22.2 Å². The Morgan fingerprint density at radius 1 is 1.22 bits per heavy atom. The summed E-state index contributed by atoms with van der Waals surface area (Å²) in [5.74, 6) is 0.980. The Morgan fingerprint density at radius 2 is 2.06 bits per heavy atom. The van der Waals surface area contributed by atoms with E-state index < -0.39 is 0 Å². The predicted molar refractivity (Wildman–Crippen MR) is 73.6 cm³/mol. The fraction of sp³-hybridized carbons (Fsp3) is 0.143. The van der Waals surface area contributed by atoms with Crippen molar-refractivity contribution in [2.75, 3.05) is 0 Å². The number of aryl methyl sites for hydroxylation is 1. The lowest BCUT2D eigenvalue weighted by molar-refractivity contribution is 1.03. The van der Waals surface area contributed by atoms with Crippen molar-refractivity contribution in [3.8, 4) is 11.3 Å². The summed E-state index contributed by atoms with van der Waals surface area (Å²) in [6, 6.07) is 10.1. The molecule has 0 bridgehead atoms. The van der Waals surface area contributed by atoms with E-state index in [2.05, 4.69) is 34.0 Å². The number of hydrogen-bond acceptors (Lipinski definition) is 2. The van der Waals surface area contributed by atoms with Crippen LogP contribution in [0.15, 0.2) is 36.5 Å². The summed E-state index contributed by atoms with van der Waals surface area (Å²) in [6.45, 7) is 2.05. The Labute approximate surface area is 110 Å². The van der Waals surface area contributed by atoms with Gasteiger partial charge in [0.2, 0.25) is 0 Å². The summed E-state index contributed by atoms with van der Waals surface area (Å²) in [4.78, 5) is 12.0. The fourth-order valence-corrected chi connectivity index (χ4v) is 2.34. The molecule has 0 radical (unpaired) electrons. The minimum Gasteiger partial charge on any atom is -0.358 e. The molecule has 0 amide bonds. The maximum atomic E-state index is 5.79. The number of nitrogens with one attached hydrogen (secondary N) is 1. The van der Waals surface area contributed by atoms with Crippen molar-refractivity contribution in [1.82, 2.24) is 15.0 Å². The van der Waals surface area contributed by atoms with Crippen molar-refractivity contribution in [3.63, 3.8) is 0 Å². The quantitative estimate of drug-likeness (QED) is 0.712. The van der Waals surface area contributed by atoms with Crippen LogP contribution in [-0.2, 0) is 5.88 Å². The second-order valence-electron chi connectivity index (χ2n) is 4.16. The highest BCUT2D eigenvalue weighted by Gasteiger charge is 2.11. The van der Waals surface area contributed by atoms with E-state index in [9.17, 15) is 0 Å². The molecule has 1 aromatic carbocycles. The standard InChI is InChI=1S/C14H12ClN3/c1-9-14(10-4-2-3-5-11(10)17-9)12-6-7-16-13(8-15)18-12/h2-7,17H,8H2,1H3. The van der Waals surface area contributed by atoms with Crippen LogP contribution >= 0.6 is 11.6 Å². The van der Waals surface area contributed by atoms with Gasteiger partial charge in [-0.2, -0.15) is 0 Å². The molecule has 0 aliphatic heterocycles. The van der Waals surface area contributed by atoms with Crippen molar-refractivity contribution in [1.29, 1.82) is 0 Å². The van der Waals surface area contributed by atoms with Gasteiger partial charge in [0.05, 0.1) is 11.6 Å². The first kappa shape index (κ1) is 11.2. The molecule has 0 atom stereocenters. The molecule has 0 saturated heterocycles. The van der Waals surface area contributed by atoms with Crippen LogP contribution < -0.4 is 0 Å². The highest BCUT2D eigenvalue weighted by Crippen LogP contribution is 2.30. The molecule has 0 fully saturated rings. The fourth-order valence-electron chi connectivity index (χ4n) is 2.21. The van der Waals surface area contributed by atoms with Crippen LogP contribution in [0.4, 0.5) is 0 Å². The Kier molecular flexibility index (Phi) is 2.76. The topological polar surface area (TPSA) is 41.6 Å². The van der Waals surface area contributed by atoms with Crippen molar-refractivity contribution in [3.05, 3.63) is 48.0 Å². The van der Waals surface area contributed by atoms with E-state index in [0.29, 0.717) is 11.7 Å². The number of hydrogen-bond donors (Lipinski definition) is 1. The zero-order chi connectivity index (χ0) is 12.5. The minimum absolute atomic E-state index is 0.329. The molecule has 0 aliphatic rings. The second-order valence-corrected chi connectivity index (χ2v) is 4.43. The van der Waals surface area contributed by atoms with Gasteiger partial charge in [0, 0.05) is 28.4 Å². The molecular weight excluding hydrogens is 246 g/mol. The molecule has 4 heteroatoms. The molecule has 18 heavy (non-hydrogen) atoms. The van der Waals surface area contributed by atoms with Crippen LogP contribution in [0.1, 0.15) is 11.5 Å². The van der Waals surface area contributed by atoms with E-state index in [1.165, 1.54) is 5.39 Å². The maximum absolute atomic E-state index is 5.79. The van der Waals surface area contributed by atoms with Crippen LogP contribution in [0.2, 0.25) is 0 Å². The van der Waals surface area contributed by atoms with Crippen LogP contribution in [-0.4, -0.2) is 15.0 Å². The van der Waals surface area contributed by atoms with Crippen LogP contribution in [0, 0.1) is 6.92 Å². The number of alkyl halides is 1. The SMILES string of the molecule is Cc1[nH]c2ccccc2c1-c1ccnc(CCl)n1. The van der Waals surface area contributed by atoms with Gasteiger partial charge in [-0.25, -0.2) is 9.97 Å². The molecule has 3 nitrogen and oxygen atoms in total. The Morgan fingerprint density at radius 3 is 2.89 bits per heavy atom. The van der Waals surface area contributed by atoms with Gasteiger partial charge in [-0.05, 0) is 19.1 Å². The Balaban J connectivity index is 2.27. The number of rotatable bonds is 2. The van der Waals surface area contributed by atoms with E-state index >= 15 is 0 Å². The smallest absolute Gasteiger partial charge is 0.143 e. The second kappa shape index (κ2) is 4.42. The van der Waals surface area contributed by atoms with Crippen LogP contribution in [0.3, 0.4) is 0 Å². The predicted octanol–water partition coefficient (Wildman–Crippen LogP) is 3.67. The first-order valence-corrected chi connectivity index (χ1v) is 6.28. The summed E-state index contributed by atoms with van der Waals surface area (Å²) in [5.41, 5.74) is 4.27. The average molecular weight is 258 g/mol. The number of aromatic nitrogens is 3. The third-order valence-electron chi connectivity index (χ3n) is 2.97. The van der Waals surface area contributed by atoms with E-state index in [4.69, 9.17) is 11.6 Å².